The molecule has 28 heavy (non-hydrogen) atoms. The lowest BCUT2D eigenvalue weighted by Gasteiger charge is -2.09. The van der Waals surface area contributed by atoms with Crippen LogP contribution in [-0.4, -0.2) is 18.0 Å². The highest BCUT2D eigenvalue weighted by Gasteiger charge is 2.14. The van der Waals surface area contributed by atoms with Crippen LogP contribution in [-0.2, 0) is 6.42 Å². The fraction of sp³-hybridized carbons (Fsp3) is 0.0909. The molecule has 0 bridgehead atoms. The number of methoxy groups -OCH3 is 1. The lowest BCUT2D eigenvalue weighted by molar-refractivity contribution is 0.102. The first kappa shape index (κ1) is 18.3. The largest absolute Gasteiger partial charge is 0.496 e. The Morgan fingerprint density at radius 1 is 1.11 bits per heavy atom. The van der Waals surface area contributed by atoms with E-state index in [-0.39, 0.29) is 5.91 Å². The molecule has 1 N–H and O–H groups in total. The van der Waals surface area contributed by atoms with Gasteiger partial charge in [0.25, 0.3) is 5.91 Å². The second kappa shape index (κ2) is 7.86. The van der Waals surface area contributed by atoms with E-state index in [0.29, 0.717) is 40.4 Å². The monoisotopic (exact) mass is 436 g/mol. The van der Waals surface area contributed by atoms with Gasteiger partial charge in [-0.05, 0) is 42.0 Å². The number of benzene rings is 3. The van der Waals surface area contributed by atoms with Crippen LogP contribution in [0.1, 0.15) is 21.8 Å². The van der Waals surface area contributed by atoms with Gasteiger partial charge in [0.1, 0.15) is 11.3 Å². The minimum Gasteiger partial charge on any atom is -0.496 e. The molecule has 0 aliphatic rings. The zero-order valence-electron chi connectivity index (χ0n) is 15.1. The molecule has 0 unspecified atom stereocenters. The Morgan fingerprint density at radius 2 is 1.93 bits per heavy atom. The molecule has 0 fully saturated rings. The van der Waals surface area contributed by atoms with Gasteiger partial charge in [-0.15, -0.1) is 0 Å². The molecule has 0 saturated carbocycles. The van der Waals surface area contributed by atoms with E-state index in [0.717, 1.165) is 10.0 Å². The number of amides is 1. The molecule has 5 nitrogen and oxygen atoms in total. The molecule has 0 aliphatic carbocycles. The van der Waals surface area contributed by atoms with Crippen LogP contribution in [0.3, 0.4) is 0 Å². The molecule has 0 saturated heterocycles. The molecule has 1 aromatic heterocycles. The quantitative estimate of drug-likeness (QED) is 0.452. The summed E-state index contributed by atoms with van der Waals surface area (Å²) in [4.78, 5) is 17.2. The fourth-order valence-electron chi connectivity index (χ4n) is 2.96. The molecule has 0 aliphatic heterocycles. The van der Waals surface area contributed by atoms with Gasteiger partial charge in [0.15, 0.2) is 11.5 Å². The zero-order valence-corrected chi connectivity index (χ0v) is 16.7. The van der Waals surface area contributed by atoms with Gasteiger partial charge in [0.2, 0.25) is 0 Å². The third kappa shape index (κ3) is 3.92. The molecular formula is C22H17BrN2O3. The minimum atomic E-state index is -0.259. The van der Waals surface area contributed by atoms with Gasteiger partial charge >= 0.3 is 0 Å². The van der Waals surface area contributed by atoms with Crippen LogP contribution >= 0.6 is 15.9 Å². The van der Waals surface area contributed by atoms with Gasteiger partial charge < -0.3 is 14.5 Å². The summed E-state index contributed by atoms with van der Waals surface area (Å²) in [6.45, 7) is 0. The predicted octanol–water partition coefficient (Wildman–Crippen LogP) is 5.44. The fourth-order valence-corrected chi connectivity index (χ4v) is 3.32. The van der Waals surface area contributed by atoms with Crippen LogP contribution in [0.15, 0.2) is 75.6 Å². The third-order valence-electron chi connectivity index (χ3n) is 4.29. The molecular weight excluding hydrogens is 420 g/mol. The van der Waals surface area contributed by atoms with Gasteiger partial charge in [0.05, 0.1) is 12.7 Å². The minimum absolute atomic E-state index is 0.259. The summed E-state index contributed by atoms with van der Waals surface area (Å²) in [5, 5.41) is 2.89. The first-order valence-electron chi connectivity index (χ1n) is 8.70. The number of hydrogen-bond acceptors (Lipinski definition) is 4. The Hall–Kier alpha value is -3.12. The first-order valence-corrected chi connectivity index (χ1v) is 9.50. The maximum Gasteiger partial charge on any atom is 0.259 e. The van der Waals surface area contributed by atoms with E-state index < -0.39 is 0 Å². The van der Waals surface area contributed by atoms with E-state index >= 15 is 0 Å². The molecule has 4 aromatic rings. The van der Waals surface area contributed by atoms with E-state index in [1.54, 1.807) is 24.3 Å². The number of hydrogen-bond donors (Lipinski definition) is 1. The predicted molar refractivity (Wildman–Crippen MR) is 112 cm³/mol. The smallest absolute Gasteiger partial charge is 0.259 e. The average Bonchev–Trinajstić information content (AvgIpc) is 3.10. The number of carbonyl (C=O) groups is 1. The number of anilines is 1. The van der Waals surface area contributed by atoms with Crippen molar-refractivity contribution >= 4 is 38.6 Å². The summed E-state index contributed by atoms with van der Waals surface area (Å²) in [6, 6.07) is 20.7. The molecule has 0 atom stereocenters. The van der Waals surface area contributed by atoms with Crippen molar-refractivity contribution in [1.82, 2.24) is 4.98 Å². The normalized spacial score (nSPS) is 10.8. The highest BCUT2D eigenvalue weighted by atomic mass is 79.9. The summed E-state index contributed by atoms with van der Waals surface area (Å²) < 4.78 is 11.9. The SMILES string of the molecule is COc1ccc(Br)cc1C(=O)Nc1ccc2oc(Cc3ccccc3)nc2c1. The van der Waals surface area contributed by atoms with E-state index in [2.05, 4.69) is 26.2 Å². The standard InChI is InChI=1S/C22H17BrN2O3/c1-27-19-9-7-15(23)12-17(19)22(26)24-16-8-10-20-18(13-16)25-21(28-20)11-14-5-3-2-4-6-14/h2-10,12-13H,11H2,1H3,(H,24,26). The molecule has 0 spiro atoms. The summed E-state index contributed by atoms with van der Waals surface area (Å²) >= 11 is 3.38. The Bertz CT molecular complexity index is 1140. The number of nitrogens with one attached hydrogen (secondary N) is 1. The molecule has 1 heterocycles. The van der Waals surface area contributed by atoms with Crippen molar-refractivity contribution in [2.75, 3.05) is 12.4 Å². The number of rotatable bonds is 5. The van der Waals surface area contributed by atoms with E-state index in [1.165, 1.54) is 7.11 Å². The number of halogens is 1. The van der Waals surface area contributed by atoms with E-state index in [9.17, 15) is 4.79 Å². The number of fused-ring (bicyclic) bond motifs is 1. The van der Waals surface area contributed by atoms with Gasteiger partial charge in [-0.1, -0.05) is 46.3 Å². The lowest BCUT2D eigenvalue weighted by Crippen LogP contribution is -2.13. The Kier molecular flexibility index (Phi) is 5.12. The van der Waals surface area contributed by atoms with Crippen LogP contribution in [0, 0.1) is 0 Å². The maximum absolute atomic E-state index is 12.7. The van der Waals surface area contributed by atoms with Crippen molar-refractivity contribution in [2.24, 2.45) is 0 Å². The van der Waals surface area contributed by atoms with Gasteiger partial charge in [-0.25, -0.2) is 4.98 Å². The topological polar surface area (TPSA) is 64.4 Å². The molecule has 140 valence electrons. The van der Waals surface area contributed by atoms with Crippen LogP contribution in [0.5, 0.6) is 5.75 Å². The summed E-state index contributed by atoms with van der Waals surface area (Å²) in [6.07, 6.45) is 0.618. The second-order valence-corrected chi connectivity index (χ2v) is 7.17. The van der Waals surface area contributed by atoms with E-state index in [4.69, 9.17) is 9.15 Å². The van der Waals surface area contributed by atoms with Crippen molar-refractivity contribution in [3.63, 3.8) is 0 Å². The van der Waals surface area contributed by atoms with E-state index in [1.807, 2.05) is 42.5 Å². The summed E-state index contributed by atoms with van der Waals surface area (Å²) in [5.41, 5.74) is 3.60. The highest BCUT2D eigenvalue weighted by Crippen LogP contribution is 2.26. The number of aromatic nitrogens is 1. The molecule has 1 amide bonds. The second-order valence-electron chi connectivity index (χ2n) is 6.25. The average molecular weight is 437 g/mol. The van der Waals surface area contributed by atoms with Crippen molar-refractivity contribution in [1.29, 1.82) is 0 Å². The molecule has 6 heteroatoms. The molecule has 4 rings (SSSR count). The summed E-state index contributed by atoms with van der Waals surface area (Å²) in [7, 11) is 1.54. The van der Waals surface area contributed by atoms with Crippen molar-refractivity contribution in [3.05, 3.63) is 88.2 Å². The molecule has 0 radical (unpaired) electrons. The van der Waals surface area contributed by atoms with Crippen LogP contribution in [0.4, 0.5) is 5.69 Å². The third-order valence-corrected chi connectivity index (χ3v) is 4.79. The van der Waals surface area contributed by atoms with Gasteiger partial charge in [-0.2, -0.15) is 0 Å². The zero-order chi connectivity index (χ0) is 19.5. The first-order chi connectivity index (χ1) is 13.6. The van der Waals surface area contributed by atoms with Crippen molar-refractivity contribution in [2.45, 2.75) is 6.42 Å². The van der Waals surface area contributed by atoms with Crippen molar-refractivity contribution < 1.29 is 13.9 Å². The Balaban J connectivity index is 1.56. The van der Waals surface area contributed by atoms with Gasteiger partial charge in [0, 0.05) is 16.6 Å². The summed E-state index contributed by atoms with van der Waals surface area (Å²) in [5.74, 6) is 0.886. The van der Waals surface area contributed by atoms with Crippen LogP contribution in [0.25, 0.3) is 11.1 Å². The lowest BCUT2D eigenvalue weighted by atomic mass is 10.1. The molecule has 3 aromatic carbocycles. The Morgan fingerprint density at radius 3 is 2.71 bits per heavy atom. The highest BCUT2D eigenvalue weighted by molar-refractivity contribution is 9.10. The number of carbonyl (C=O) groups excluding carboxylic acids is 1. The van der Waals surface area contributed by atoms with Crippen LogP contribution in [0.2, 0.25) is 0 Å². The van der Waals surface area contributed by atoms with Crippen LogP contribution < -0.4 is 10.1 Å². The number of oxazole rings is 1. The number of nitrogens with zero attached hydrogens (tertiary/aromatic N) is 1. The van der Waals surface area contributed by atoms with Gasteiger partial charge in [-0.3, -0.25) is 4.79 Å². The van der Waals surface area contributed by atoms with Crippen molar-refractivity contribution in [3.8, 4) is 5.75 Å². The maximum atomic E-state index is 12.7. The Labute approximate surface area is 170 Å². The number of ether oxygens (including phenoxy) is 1.